The molecule has 2 unspecified atom stereocenters. The van der Waals surface area contributed by atoms with E-state index in [0.717, 1.165) is 6.42 Å². The van der Waals surface area contributed by atoms with Crippen LogP contribution in [-0.4, -0.2) is 49.0 Å². The van der Waals surface area contributed by atoms with Crippen LogP contribution < -0.4 is 14.4 Å². The Kier molecular flexibility index (Phi) is 7.84. The molecule has 10 heteroatoms. The van der Waals surface area contributed by atoms with Gasteiger partial charge in [0.05, 0.1) is 17.9 Å². The maximum absolute atomic E-state index is 14.5. The molecule has 0 spiro atoms. The number of amides is 1. The molecule has 1 saturated heterocycles. The third kappa shape index (κ3) is 6.00. The summed E-state index contributed by atoms with van der Waals surface area (Å²) in [5.41, 5.74) is 0.631. The van der Waals surface area contributed by atoms with E-state index in [4.69, 9.17) is 9.72 Å². The molecule has 2 atom stereocenters. The van der Waals surface area contributed by atoms with Gasteiger partial charge in [0, 0.05) is 30.1 Å². The van der Waals surface area contributed by atoms with E-state index < -0.39 is 27.0 Å². The monoisotopic (exact) mass is 545 g/mol. The number of hydrogen-bond acceptors (Lipinski definition) is 7. The number of benzene rings is 1. The molecule has 4 rings (SSSR count). The zero-order valence-corrected chi connectivity index (χ0v) is 23.4. The third-order valence-electron chi connectivity index (χ3n) is 7.06. The lowest BCUT2D eigenvalue weighted by Gasteiger charge is -2.34. The van der Waals surface area contributed by atoms with Gasteiger partial charge in [-0.25, -0.2) is 22.5 Å². The molecule has 1 aliphatic heterocycles. The van der Waals surface area contributed by atoms with E-state index >= 15 is 0 Å². The average Bonchev–Trinajstić information content (AvgIpc) is 3.38. The zero-order valence-electron chi connectivity index (χ0n) is 22.6. The molecule has 38 heavy (non-hydrogen) atoms. The number of ketones is 1. The average molecular weight is 546 g/mol. The van der Waals surface area contributed by atoms with Crippen molar-refractivity contribution in [3.8, 4) is 17.0 Å². The number of rotatable bonds is 8. The van der Waals surface area contributed by atoms with Crippen molar-refractivity contribution < 1.29 is 27.1 Å². The van der Waals surface area contributed by atoms with Crippen molar-refractivity contribution in [2.45, 2.75) is 71.1 Å². The van der Waals surface area contributed by atoms with Gasteiger partial charge in [0.2, 0.25) is 10.0 Å². The Morgan fingerprint density at radius 1 is 1.26 bits per heavy atom. The predicted octanol–water partition coefficient (Wildman–Crippen LogP) is 4.73. The minimum absolute atomic E-state index is 0.0811. The highest BCUT2D eigenvalue weighted by Gasteiger charge is 2.41. The number of carbonyl (C=O) groups is 2. The topological polar surface area (TPSA) is 106 Å². The Hall–Kier alpha value is -3.01. The molecule has 8 nitrogen and oxygen atoms in total. The molecule has 0 radical (unpaired) electrons. The molecule has 2 aliphatic rings. The number of sulfonamides is 1. The minimum Gasteiger partial charge on any atom is -0.493 e. The van der Waals surface area contributed by atoms with Gasteiger partial charge < -0.3 is 9.64 Å². The molecule has 206 valence electrons. The van der Waals surface area contributed by atoms with E-state index in [1.807, 2.05) is 32.6 Å². The molecular weight excluding hydrogens is 509 g/mol. The van der Waals surface area contributed by atoms with Gasteiger partial charge in [-0.15, -0.1) is 0 Å². The van der Waals surface area contributed by atoms with Crippen LogP contribution in [0.1, 0.15) is 70.7 Å². The summed E-state index contributed by atoms with van der Waals surface area (Å²) >= 11 is 0. The van der Waals surface area contributed by atoms with E-state index in [9.17, 15) is 22.4 Å². The zero-order chi connectivity index (χ0) is 27.8. The lowest BCUT2D eigenvalue weighted by atomic mass is 9.97. The fourth-order valence-corrected chi connectivity index (χ4v) is 6.83. The quantitative estimate of drug-likeness (QED) is 0.511. The smallest absolute Gasteiger partial charge is 0.268 e. The van der Waals surface area contributed by atoms with Crippen molar-refractivity contribution in [2.24, 2.45) is 11.8 Å². The van der Waals surface area contributed by atoms with Crippen LogP contribution in [-0.2, 0) is 14.8 Å². The van der Waals surface area contributed by atoms with E-state index in [1.54, 1.807) is 12.1 Å². The molecule has 1 amide bonds. The summed E-state index contributed by atoms with van der Waals surface area (Å²) in [5, 5.41) is -1.22. The maximum atomic E-state index is 14.5. The fourth-order valence-electron chi connectivity index (χ4n) is 5.38. The molecule has 2 aromatic rings. The molecule has 1 saturated carbocycles. The lowest BCUT2D eigenvalue weighted by molar-refractivity contribution is -0.117. The first kappa shape index (κ1) is 28.0. The number of Topliss-reactive ketones (excluding diaryl/α,β-unsaturated/α-hetero) is 1. The van der Waals surface area contributed by atoms with Crippen molar-refractivity contribution in [1.82, 2.24) is 9.71 Å². The molecule has 1 aliphatic carbocycles. The summed E-state index contributed by atoms with van der Waals surface area (Å²) in [6, 6.07) is 7.44. The summed E-state index contributed by atoms with van der Waals surface area (Å²) < 4.78 is 48.1. The largest absolute Gasteiger partial charge is 0.493 e. The number of halogens is 1. The predicted molar refractivity (Wildman–Crippen MR) is 144 cm³/mol. The number of hydrogen-bond donors (Lipinski definition) is 1. The van der Waals surface area contributed by atoms with Gasteiger partial charge in [-0.3, -0.25) is 9.59 Å². The second-order valence-electron chi connectivity index (χ2n) is 11.5. The third-order valence-corrected chi connectivity index (χ3v) is 8.77. The van der Waals surface area contributed by atoms with Crippen LogP contribution in [0.5, 0.6) is 5.75 Å². The molecule has 2 heterocycles. The van der Waals surface area contributed by atoms with Crippen LogP contribution in [0.4, 0.5) is 10.2 Å². The first-order valence-electron chi connectivity index (χ1n) is 13.1. The summed E-state index contributed by atoms with van der Waals surface area (Å²) in [6.45, 7) is 11.2. The molecule has 0 bridgehead atoms. The Balaban J connectivity index is 1.74. The van der Waals surface area contributed by atoms with Crippen LogP contribution in [0.25, 0.3) is 11.3 Å². The van der Waals surface area contributed by atoms with E-state index in [2.05, 4.69) is 11.6 Å². The van der Waals surface area contributed by atoms with Gasteiger partial charge in [-0.1, -0.05) is 20.8 Å². The standard InChI is InChI=1S/C28H36FN3O5S/c1-17(2)16-37-21-12-19(11-20(29)13-21)23-10-9-22(26(30-23)32-15-18(3)14-28(32,4)5)27(34)31-38(35,36)25-8-6-7-24(25)33/h9-13,17-18,25H,6-8,14-16H2,1-5H3,(H,31,34). The van der Waals surface area contributed by atoms with Crippen LogP contribution in [0, 0.1) is 17.7 Å². The molecule has 1 aromatic heterocycles. The van der Waals surface area contributed by atoms with Crippen molar-refractivity contribution in [3.05, 3.63) is 41.7 Å². The van der Waals surface area contributed by atoms with Gasteiger partial charge in [0.25, 0.3) is 5.91 Å². The van der Waals surface area contributed by atoms with Gasteiger partial charge in [0.15, 0.2) is 5.78 Å². The van der Waals surface area contributed by atoms with E-state index in [1.165, 1.54) is 18.2 Å². The minimum atomic E-state index is -4.18. The normalized spacial score (nSPS) is 21.2. The maximum Gasteiger partial charge on any atom is 0.268 e. The fraction of sp³-hybridized carbons (Fsp3) is 0.536. The van der Waals surface area contributed by atoms with Crippen molar-refractivity contribution >= 4 is 27.5 Å². The first-order chi connectivity index (χ1) is 17.8. The molecular formula is C28H36FN3O5S. The van der Waals surface area contributed by atoms with Gasteiger partial charge in [-0.05, 0) is 69.2 Å². The second-order valence-corrected chi connectivity index (χ2v) is 13.4. The Morgan fingerprint density at radius 3 is 2.61 bits per heavy atom. The number of nitrogens with zero attached hydrogens (tertiary/aromatic N) is 2. The van der Waals surface area contributed by atoms with Crippen LogP contribution in [0.3, 0.4) is 0 Å². The SMILES string of the molecule is CC(C)COc1cc(F)cc(-c2ccc(C(=O)NS(=O)(=O)C3CCCC3=O)c(N3CC(C)CC3(C)C)n2)c1. The Morgan fingerprint density at radius 2 is 2.00 bits per heavy atom. The van der Waals surface area contributed by atoms with E-state index in [-0.39, 0.29) is 35.6 Å². The van der Waals surface area contributed by atoms with Crippen molar-refractivity contribution in [1.29, 1.82) is 0 Å². The van der Waals surface area contributed by atoms with E-state index in [0.29, 0.717) is 48.3 Å². The number of ether oxygens (including phenoxy) is 1. The van der Waals surface area contributed by atoms with Gasteiger partial charge in [0.1, 0.15) is 22.6 Å². The van der Waals surface area contributed by atoms with Crippen LogP contribution in [0.15, 0.2) is 30.3 Å². The first-order valence-corrected chi connectivity index (χ1v) is 14.6. The van der Waals surface area contributed by atoms with Crippen molar-refractivity contribution in [3.63, 3.8) is 0 Å². The number of carbonyl (C=O) groups excluding carboxylic acids is 2. The summed E-state index contributed by atoms with van der Waals surface area (Å²) in [7, 11) is -4.18. The highest BCUT2D eigenvalue weighted by atomic mass is 32.2. The highest BCUT2D eigenvalue weighted by Crippen LogP contribution is 2.38. The summed E-state index contributed by atoms with van der Waals surface area (Å²) in [4.78, 5) is 32.2. The van der Waals surface area contributed by atoms with Gasteiger partial charge in [-0.2, -0.15) is 0 Å². The van der Waals surface area contributed by atoms with Crippen LogP contribution in [0.2, 0.25) is 0 Å². The number of nitrogens with one attached hydrogen (secondary N) is 1. The Labute approximate surface area is 224 Å². The summed E-state index contributed by atoms with van der Waals surface area (Å²) in [5.74, 6) is -0.424. The molecule has 1 N–H and O–H groups in total. The van der Waals surface area contributed by atoms with Crippen LogP contribution >= 0.6 is 0 Å². The second kappa shape index (κ2) is 10.6. The summed E-state index contributed by atoms with van der Waals surface area (Å²) in [6.07, 6.45) is 1.72. The molecule has 2 fully saturated rings. The number of pyridine rings is 1. The molecule has 1 aromatic carbocycles. The Bertz CT molecular complexity index is 1340. The number of anilines is 1. The highest BCUT2D eigenvalue weighted by molar-refractivity contribution is 7.91. The lowest BCUT2D eigenvalue weighted by Crippen LogP contribution is -2.43. The number of aromatic nitrogens is 1. The van der Waals surface area contributed by atoms with Gasteiger partial charge >= 0.3 is 0 Å². The van der Waals surface area contributed by atoms with Crippen molar-refractivity contribution in [2.75, 3.05) is 18.1 Å².